The average Bonchev–Trinajstić information content (AvgIpc) is 3.05. The highest BCUT2D eigenvalue weighted by Crippen LogP contribution is 2.23. The lowest BCUT2D eigenvalue weighted by molar-refractivity contribution is -0.133. The number of anilines is 1. The zero-order valence-electron chi connectivity index (χ0n) is 16.1. The van der Waals surface area contributed by atoms with Gasteiger partial charge >= 0.3 is 6.18 Å². The fraction of sp³-hybridized carbons (Fsp3) is 0.444. The van der Waals surface area contributed by atoms with Gasteiger partial charge in [-0.3, -0.25) is 14.4 Å². The maximum Gasteiger partial charge on any atom is 0.405 e. The van der Waals surface area contributed by atoms with Crippen molar-refractivity contribution in [2.24, 2.45) is 5.10 Å². The molecule has 2 aliphatic rings. The van der Waals surface area contributed by atoms with Gasteiger partial charge in [-0.05, 0) is 18.6 Å². The van der Waals surface area contributed by atoms with E-state index < -0.39 is 46.3 Å². The number of alkyl halides is 3. The van der Waals surface area contributed by atoms with E-state index in [1.165, 1.54) is 24.3 Å². The normalized spacial score (nSPS) is 20.9. The standard InChI is InChI=1S/C18H19F3N4O5S/c19-18(20,21)10-22-16(27)12-3-1-2-4-13(12)23-17(28)14-5-6-15(26)25(24-14)11-7-8-31(29,30)9-11/h1-4,11H,5-10H2,(H,22,27)(H,23,28)/t11-/m1/s1. The molecule has 1 atom stereocenters. The Balaban J connectivity index is 1.75. The quantitative estimate of drug-likeness (QED) is 0.681. The third-order valence-electron chi connectivity index (χ3n) is 4.75. The number of carbonyl (C=O) groups excluding carboxylic acids is 3. The van der Waals surface area contributed by atoms with E-state index in [4.69, 9.17) is 0 Å². The Bertz CT molecular complexity index is 1040. The van der Waals surface area contributed by atoms with E-state index in [9.17, 15) is 36.0 Å². The summed E-state index contributed by atoms with van der Waals surface area (Å²) in [7, 11) is -3.27. The molecule has 1 aromatic rings. The van der Waals surface area contributed by atoms with E-state index in [1.54, 1.807) is 5.32 Å². The molecule has 3 amide bonds. The topological polar surface area (TPSA) is 125 Å². The van der Waals surface area contributed by atoms with Gasteiger partial charge in [-0.2, -0.15) is 18.3 Å². The third kappa shape index (κ3) is 5.81. The Kier molecular flexibility index (Phi) is 6.34. The van der Waals surface area contributed by atoms with Gasteiger partial charge in [0.05, 0.1) is 28.8 Å². The minimum atomic E-state index is -4.59. The van der Waals surface area contributed by atoms with Crippen molar-refractivity contribution in [1.29, 1.82) is 0 Å². The van der Waals surface area contributed by atoms with Crippen LogP contribution in [0.5, 0.6) is 0 Å². The number of nitrogens with zero attached hydrogens (tertiary/aromatic N) is 2. The predicted molar refractivity (Wildman–Crippen MR) is 104 cm³/mol. The maximum atomic E-state index is 12.6. The molecule has 0 saturated carbocycles. The van der Waals surface area contributed by atoms with Gasteiger partial charge in [-0.15, -0.1) is 0 Å². The summed E-state index contributed by atoms with van der Waals surface area (Å²) in [4.78, 5) is 36.9. The number of hydrazone groups is 1. The summed E-state index contributed by atoms with van der Waals surface area (Å²) in [5.41, 5.74) is -0.248. The van der Waals surface area contributed by atoms with Crippen LogP contribution in [0.3, 0.4) is 0 Å². The van der Waals surface area contributed by atoms with Crippen LogP contribution in [-0.2, 0) is 19.4 Å². The summed E-state index contributed by atoms with van der Waals surface area (Å²) in [6.45, 7) is -1.53. The highest BCUT2D eigenvalue weighted by molar-refractivity contribution is 7.91. The van der Waals surface area contributed by atoms with Crippen molar-refractivity contribution in [3.63, 3.8) is 0 Å². The molecule has 168 valence electrons. The first-order valence-corrected chi connectivity index (χ1v) is 11.1. The van der Waals surface area contributed by atoms with Crippen molar-refractivity contribution in [2.75, 3.05) is 23.4 Å². The second-order valence-electron chi connectivity index (χ2n) is 7.14. The van der Waals surface area contributed by atoms with Crippen molar-refractivity contribution in [2.45, 2.75) is 31.5 Å². The van der Waals surface area contributed by atoms with Gasteiger partial charge in [0.15, 0.2) is 9.84 Å². The van der Waals surface area contributed by atoms with Crippen LogP contribution in [0.2, 0.25) is 0 Å². The Morgan fingerprint density at radius 3 is 2.52 bits per heavy atom. The van der Waals surface area contributed by atoms with E-state index in [1.807, 2.05) is 0 Å². The fourth-order valence-corrected chi connectivity index (χ4v) is 4.94. The molecule has 1 aromatic carbocycles. The van der Waals surface area contributed by atoms with E-state index in [0.717, 1.165) is 5.01 Å². The highest BCUT2D eigenvalue weighted by Gasteiger charge is 2.37. The summed E-state index contributed by atoms with van der Waals surface area (Å²) in [5.74, 6) is -2.47. The van der Waals surface area contributed by atoms with Gasteiger partial charge in [-0.25, -0.2) is 13.4 Å². The minimum absolute atomic E-state index is 0.00305. The first-order chi connectivity index (χ1) is 14.5. The van der Waals surface area contributed by atoms with Crippen LogP contribution in [0, 0.1) is 0 Å². The lowest BCUT2D eigenvalue weighted by Gasteiger charge is -2.27. The van der Waals surface area contributed by atoms with Gasteiger partial charge in [0.2, 0.25) is 5.91 Å². The second kappa shape index (κ2) is 8.65. The number of hydrogen-bond acceptors (Lipinski definition) is 6. The molecule has 0 aromatic heterocycles. The SMILES string of the molecule is O=C(Nc1ccccc1C(=O)NCC(F)(F)F)C1=NN([C@@H]2CCS(=O)(=O)C2)C(=O)CC1. The monoisotopic (exact) mass is 460 g/mol. The van der Waals surface area contributed by atoms with Crippen LogP contribution in [0.25, 0.3) is 0 Å². The van der Waals surface area contributed by atoms with E-state index in [-0.39, 0.29) is 47.7 Å². The lowest BCUT2D eigenvalue weighted by atomic mass is 10.1. The lowest BCUT2D eigenvalue weighted by Crippen LogP contribution is -2.42. The maximum absolute atomic E-state index is 12.6. The molecule has 2 aliphatic heterocycles. The number of para-hydroxylation sites is 1. The van der Waals surface area contributed by atoms with Gasteiger partial charge in [0, 0.05) is 12.8 Å². The Hall–Kier alpha value is -2.96. The van der Waals surface area contributed by atoms with Gasteiger partial charge < -0.3 is 10.6 Å². The van der Waals surface area contributed by atoms with Gasteiger partial charge in [0.25, 0.3) is 11.8 Å². The Morgan fingerprint density at radius 1 is 1.16 bits per heavy atom. The number of sulfone groups is 1. The largest absolute Gasteiger partial charge is 0.405 e. The molecular formula is C18H19F3N4O5S. The summed E-state index contributed by atoms with van der Waals surface area (Å²) >= 11 is 0. The molecule has 0 radical (unpaired) electrons. The van der Waals surface area contributed by atoms with E-state index >= 15 is 0 Å². The number of hydrogen-bond donors (Lipinski definition) is 2. The number of rotatable bonds is 5. The number of nitrogens with one attached hydrogen (secondary N) is 2. The van der Waals surface area contributed by atoms with Crippen molar-refractivity contribution >= 4 is 39.0 Å². The van der Waals surface area contributed by atoms with E-state index in [0.29, 0.717) is 0 Å². The number of benzene rings is 1. The molecule has 13 heteroatoms. The Labute approximate surface area is 175 Å². The third-order valence-corrected chi connectivity index (χ3v) is 6.50. The average molecular weight is 460 g/mol. The molecule has 1 saturated heterocycles. The number of amides is 3. The molecule has 0 unspecified atom stereocenters. The molecule has 1 fully saturated rings. The van der Waals surface area contributed by atoms with Crippen molar-refractivity contribution in [3.8, 4) is 0 Å². The zero-order valence-corrected chi connectivity index (χ0v) is 16.9. The Morgan fingerprint density at radius 2 is 1.87 bits per heavy atom. The first-order valence-electron chi connectivity index (χ1n) is 9.30. The molecule has 2 heterocycles. The van der Waals surface area contributed by atoms with Crippen molar-refractivity contribution < 1.29 is 36.0 Å². The second-order valence-corrected chi connectivity index (χ2v) is 9.37. The molecule has 0 bridgehead atoms. The van der Waals surface area contributed by atoms with Crippen molar-refractivity contribution in [3.05, 3.63) is 29.8 Å². The van der Waals surface area contributed by atoms with Crippen LogP contribution in [0.4, 0.5) is 18.9 Å². The van der Waals surface area contributed by atoms with Gasteiger partial charge in [-0.1, -0.05) is 12.1 Å². The summed E-state index contributed by atoms with van der Waals surface area (Å²) in [5, 5.41) is 9.21. The summed E-state index contributed by atoms with van der Waals surface area (Å²) in [6, 6.07) is 4.86. The number of carbonyl (C=O) groups is 3. The number of halogens is 3. The zero-order chi connectivity index (χ0) is 22.8. The molecule has 2 N–H and O–H groups in total. The molecule has 31 heavy (non-hydrogen) atoms. The molecule has 0 aliphatic carbocycles. The van der Waals surface area contributed by atoms with Crippen LogP contribution < -0.4 is 10.6 Å². The predicted octanol–water partition coefficient (Wildman–Crippen LogP) is 1.08. The van der Waals surface area contributed by atoms with Crippen molar-refractivity contribution in [1.82, 2.24) is 10.3 Å². The van der Waals surface area contributed by atoms with Crippen LogP contribution in [-0.4, -0.2) is 67.1 Å². The summed E-state index contributed by atoms with van der Waals surface area (Å²) < 4.78 is 60.5. The smallest absolute Gasteiger partial charge is 0.343 e. The first kappa shape index (κ1) is 22.7. The van der Waals surface area contributed by atoms with Crippen LogP contribution >= 0.6 is 0 Å². The fourth-order valence-electron chi connectivity index (χ4n) is 3.25. The molecular weight excluding hydrogens is 441 g/mol. The van der Waals surface area contributed by atoms with Crippen LogP contribution in [0.1, 0.15) is 29.6 Å². The van der Waals surface area contributed by atoms with Crippen LogP contribution in [0.15, 0.2) is 29.4 Å². The van der Waals surface area contributed by atoms with E-state index in [2.05, 4.69) is 10.4 Å². The summed E-state index contributed by atoms with van der Waals surface area (Å²) in [6.07, 6.45) is -4.41. The molecule has 9 nitrogen and oxygen atoms in total. The van der Waals surface area contributed by atoms with Gasteiger partial charge in [0.1, 0.15) is 12.3 Å². The molecule has 3 rings (SSSR count). The molecule has 0 spiro atoms. The minimum Gasteiger partial charge on any atom is -0.343 e. The highest BCUT2D eigenvalue weighted by atomic mass is 32.2.